The first kappa shape index (κ1) is 28.2. The number of phenolic OH excluding ortho intramolecular Hbond substituents is 1. The highest BCUT2D eigenvalue weighted by Crippen LogP contribution is 2.46. The standard InChI is InChI=1S/C29H17F6N3O4/c30-28(31,32)17-7-2-5-15(13-17)22-20(29(33,34)35)11-10-19-23(22)36-26(40)24(19)38-37-21-9-3-8-18(25(21)39)14-4-1-6-16(12-14)27(41)42/h1-13,37,39H,(H,41,42)(H,36,38,40). The van der Waals surface area contributed by atoms with Gasteiger partial charge in [0.15, 0.2) is 5.71 Å². The van der Waals surface area contributed by atoms with Crippen molar-refractivity contribution < 1.29 is 46.1 Å². The lowest BCUT2D eigenvalue weighted by atomic mass is 9.93. The molecular formula is C29H17F6N3O4. The van der Waals surface area contributed by atoms with Crippen LogP contribution in [0.25, 0.3) is 22.3 Å². The van der Waals surface area contributed by atoms with E-state index in [4.69, 9.17) is 0 Å². The molecule has 4 aromatic rings. The number of aromatic carboxylic acids is 1. The summed E-state index contributed by atoms with van der Waals surface area (Å²) in [7, 11) is 0. The number of alkyl halides is 6. The minimum atomic E-state index is -4.97. The zero-order valence-corrected chi connectivity index (χ0v) is 20.9. The molecule has 0 aromatic heterocycles. The number of para-hydroxylation sites is 1. The first-order valence-corrected chi connectivity index (χ1v) is 12.0. The van der Waals surface area contributed by atoms with Crippen LogP contribution >= 0.6 is 0 Å². The Hall–Kier alpha value is -5.33. The fourth-order valence-corrected chi connectivity index (χ4v) is 4.53. The smallest absolute Gasteiger partial charge is 0.417 e. The third-order valence-corrected chi connectivity index (χ3v) is 6.44. The number of hydrogen-bond donors (Lipinski definition) is 4. The second-order valence-electron chi connectivity index (χ2n) is 9.10. The number of hydrazone groups is 1. The Kier molecular flexibility index (Phi) is 6.89. The van der Waals surface area contributed by atoms with Gasteiger partial charge in [-0.15, -0.1) is 0 Å². The zero-order valence-electron chi connectivity index (χ0n) is 20.9. The van der Waals surface area contributed by atoms with E-state index in [1.807, 2.05) is 0 Å². The molecule has 0 spiro atoms. The molecule has 0 radical (unpaired) electrons. The lowest BCUT2D eigenvalue weighted by Gasteiger charge is -2.17. The average Bonchev–Trinajstić information content (AvgIpc) is 3.25. The molecule has 0 aliphatic carbocycles. The van der Waals surface area contributed by atoms with Gasteiger partial charge in [0.05, 0.1) is 28.1 Å². The number of halogens is 6. The number of fused-ring (bicyclic) bond motifs is 1. The van der Waals surface area contributed by atoms with E-state index in [1.165, 1.54) is 36.4 Å². The molecule has 1 aliphatic rings. The normalized spacial score (nSPS) is 14.0. The van der Waals surface area contributed by atoms with Gasteiger partial charge in [-0.05, 0) is 53.6 Å². The third kappa shape index (κ3) is 5.23. The molecule has 5 rings (SSSR count). The number of nitrogens with zero attached hydrogens (tertiary/aromatic N) is 1. The Labute approximate surface area is 232 Å². The summed E-state index contributed by atoms with van der Waals surface area (Å²) >= 11 is 0. The van der Waals surface area contributed by atoms with E-state index in [2.05, 4.69) is 15.8 Å². The SMILES string of the molecule is O=C1Nc2c(ccc(C(F)(F)F)c2-c2cccc(C(F)(F)F)c2)C1=NNc1cccc(-c2cccc(C(=O)O)c2)c1O. The Morgan fingerprint density at radius 2 is 1.50 bits per heavy atom. The summed E-state index contributed by atoms with van der Waals surface area (Å²) in [4.78, 5) is 24.2. The van der Waals surface area contributed by atoms with E-state index < -0.39 is 46.5 Å². The van der Waals surface area contributed by atoms with Gasteiger partial charge in [-0.3, -0.25) is 10.2 Å². The number of benzene rings is 4. The summed E-state index contributed by atoms with van der Waals surface area (Å²) in [6, 6.07) is 15.1. The van der Waals surface area contributed by atoms with Crippen LogP contribution in [0.15, 0.2) is 84.0 Å². The van der Waals surface area contributed by atoms with Gasteiger partial charge < -0.3 is 15.5 Å². The highest BCUT2D eigenvalue weighted by Gasteiger charge is 2.40. The van der Waals surface area contributed by atoms with Crippen LogP contribution in [0.2, 0.25) is 0 Å². The van der Waals surface area contributed by atoms with Crippen molar-refractivity contribution in [2.45, 2.75) is 12.4 Å². The number of carbonyl (C=O) groups excluding carboxylic acids is 1. The molecule has 1 aliphatic heterocycles. The lowest BCUT2D eigenvalue weighted by molar-refractivity contribution is -0.137. The van der Waals surface area contributed by atoms with Gasteiger partial charge in [-0.1, -0.05) is 36.4 Å². The quantitative estimate of drug-likeness (QED) is 0.112. The molecule has 0 bridgehead atoms. The van der Waals surface area contributed by atoms with E-state index >= 15 is 0 Å². The average molecular weight is 585 g/mol. The van der Waals surface area contributed by atoms with Crippen LogP contribution in [0.3, 0.4) is 0 Å². The second-order valence-corrected chi connectivity index (χ2v) is 9.10. The molecule has 0 saturated heterocycles. The van der Waals surface area contributed by atoms with Gasteiger partial charge in [-0.25, -0.2) is 4.79 Å². The van der Waals surface area contributed by atoms with Crippen molar-refractivity contribution in [1.29, 1.82) is 0 Å². The number of carbonyl (C=O) groups is 2. The van der Waals surface area contributed by atoms with Gasteiger partial charge in [0.2, 0.25) is 0 Å². The molecule has 1 amide bonds. The number of carboxylic acids is 1. The molecule has 0 unspecified atom stereocenters. The highest BCUT2D eigenvalue weighted by molar-refractivity contribution is 6.54. The highest BCUT2D eigenvalue weighted by atomic mass is 19.4. The first-order chi connectivity index (χ1) is 19.8. The molecule has 13 heteroatoms. The van der Waals surface area contributed by atoms with Crippen LogP contribution in [-0.4, -0.2) is 27.8 Å². The number of hydrogen-bond acceptors (Lipinski definition) is 5. The third-order valence-electron chi connectivity index (χ3n) is 6.44. The van der Waals surface area contributed by atoms with E-state index in [0.29, 0.717) is 23.8 Å². The summed E-state index contributed by atoms with van der Waals surface area (Å²) < 4.78 is 81.9. The Balaban J connectivity index is 1.57. The number of phenols is 1. The molecule has 0 atom stereocenters. The first-order valence-electron chi connectivity index (χ1n) is 12.0. The molecule has 4 N–H and O–H groups in total. The summed E-state index contributed by atoms with van der Waals surface area (Å²) in [5.41, 5.74) is -1.35. The summed E-state index contributed by atoms with van der Waals surface area (Å²) in [6.45, 7) is 0. The van der Waals surface area contributed by atoms with Gasteiger partial charge >= 0.3 is 18.3 Å². The topological polar surface area (TPSA) is 111 Å². The Morgan fingerprint density at radius 1 is 0.810 bits per heavy atom. The minimum Gasteiger partial charge on any atom is -0.505 e. The molecule has 0 fully saturated rings. The molecule has 1 heterocycles. The van der Waals surface area contributed by atoms with E-state index in [1.54, 1.807) is 6.07 Å². The van der Waals surface area contributed by atoms with Crippen molar-refractivity contribution in [1.82, 2.24) is 0 Å². The van der Waals surface area contributed by atoms with Crippen molar-refractivity contribution in [3.8, 4) is 28.0 Å². The molecule has 7 nitrogen and oxygen atoms in total. The molecular weight excluding hydrogens is 568 g/mol. The number of aromatic hydroxyl groups is 1. The maximum absolute atomic E-state index is 14.0. The van der Waals surface area contributed by atoms with E-state index in [0.717, 1.165) is 18.2 Å². The van der Waals surface area contributed by atoms with E-state index in [9.17, 15) is 46.1 Å². The maximum Gasteiger partial charge on any atom is 0.417 e. The fraction of sp³-hybridized carbons (Fsp3) is 0.0690. The zero-order chi connectivity index (χ0) is 30.4. The van der Waals surface area contributed by atoms with Gasteiger partial charge in [0, 0.05) is 16.7 Å². The van der Waals surface area contributed by atoms with Crippen molar-refractivity contribution in [3.05, 3.63) is 101 Å². The number of carboxylic acid groups (broad SMARTS) is 1. The van der Waals surface area contributed by atoms with Crippen molar-refractivity contribution >= 4 is 29.0 Å². The maximum atomic E-state index is 14.0. The van der Waals surface area contributed by atoms with Crippen molar-refractivity contribution in [2.24, 2.45) is 5.10 Å². The predicted molar refractivity (Wildman–Crippen MR) is 141 cm³/mol. The molecule has 4 aromatic carbocycles. The summed E-state index contributed by atoms with van der Waals surface area (Å²) in [5, 5.41) is 26.3. The predicted octanol–water partition coefficient (Wildman–Crippen LogP) is 7.23. The van der Waals surface area contributed by atoms with Crippen molar-refractivity contribution in [3.63, 3.8) is 0 Å². The molecule has 0 saturated carbocycles. The Morgan fingerprint density at radius 3 is 2.19 bits per heavy atom. The van der Waals surface area contributed by atoms with Crippen LogP contribution in [0.4, 0.5) is 37.7 Å². The Bertz CT molecular complexity index is 1780. The lowest BCUT2D eigenvalue weighted by Crippen LogP contribution is -2.16. The summed E-state index contributed by atoms with van der Waals surface area (Å²) in [5.74, 6) is -2.48. The van der Waals surface area contributed by atoms with Gasteiger partial charge in [-0.2, -0.15) is 31.4 Å². The number of rotatable bonds is 5. The summed E-state index contributed by atoms with van der Waals surface area (Å²) in [6.07, 6.45) is -9.79. The monoisotopic (exact) mass is 585 g/mol. The van der Waals surface area contributed by atoms with Crippen LogP contribution < -0.4 is 10.7 Å². The number of amides is 1. The fourth-order valence-electron chi connectivity index (χ4n) is 4.53. The molecule has 214 valence electrons. The minimum absolute atomic E-state index is 0.0213. The number of anilines is 2. The number of nitrogens with one attached hydrogen (secondary N) is 2. The second kappa shape index (κ2) is 10.3. The largest absolute Gasteiger partial charge is 0.505 e. The van der Waals surface area contributed by atoms with E-state index in [-0.39, 0.29) is 39.5 Å². The van der Waals surface area contributed by atoms with Crippen LogP contribution in [-0.2, 0) is 17.1 Å². The molecule has 42 heavy (non-hydrogen) atoms. The van der Waals surface area contributed by atoms with Crippen molar-refractivity contribution in [2.75, 3.05) is 10.7 Å². The van der Waals surface area contributed by atoms with Gasteiger partial charge in [0.25, 0.3) is 5.91 Å². The van der Waals surface area contributed by atoms with Crippen LogP contribution in [0.5, 0.6) is 5.75 Å². The van der Waals surface area contributed by atoms with Gasteiger partial charge in [0.1, 0.15) is 5.75 Å². The van der Waals surface area contributed by atoms with Crippen LogP contribution in [0, 0.1) is 0 Å². The van der Waals surface area contributed by atoms with Crippen LogP contribution in [0.1, 0.15) is 27.0 Å².